The number of nitrogens with zero attached hydrogens (tertiary/aromatic N) is 1. The van der Waals surface area contributed by atoms with Crippen LogP contribution in [0.1, 0.15) is 23.6 Å². The molecule has 0 radical (unpaired) electrons. The van der Waals surface area contributed by atoms with E-state index in [1.807, 2.05) is 31.2 Å². The Kier molecular flexibility index (Phi) is 4.50. The summed E-state index contributed by atoms with van der Waals surface area (Å²) in [6.07, 6.45) is 0. The second kappa shape index (κ2) is 6.33. The first-order chi connectivity index (χ1) is 10.1. The molecule has 0 spiro atoms. The highest BCUT2D eigenvalue weighted by atomic mass is 16.6. The van der Waals surface area contributed by atoms with Gasteiger partial charge in [0.1, 0.15) is 0 Å². The highest BCUT2D eigenvalue weighted by Gasteiger charge is 2.17. The van der Waals surface area contributed by atoms with Crippen molar-refractivity contribution in [2.45, 2.75) is 13.8 Å². The van der Waals surface area contributed by atoms with E-state index in [-0.39, 0.29) is 12.3 Å². The molecule has 0 unspecified atom stereocenters. The van der Waals surface area contributed by atoms with E-state index < -0.39 is 4.92 Å². The van der Waals surface area contributed by atoms with Crippen molar-refractivity contribution in [2.24, 2.45) is 0 Å². The van der Waals surface area contributed by atoms with Crippen molar-refractivity contribution >= 4 is 16.8 Å². The Labute approximate surface area is 123 Å². The molecule has 4 nitrogen and oxygen atoms in total. The zero-order valence-corrected chi connectivity index (χ0v) is 12.0. The van der Waals surface area contributed by atoms with Crippen LogP contribution in [0.25, 0.3) is 11.1 Å². The van der Waals surface area contributed by atoms with Crippen LogP contribution in [-0.2, 0) is 0 Å². The quantitative estimate of drug-likeness (QED) is 0.527. The maximum absolute atomic E-state index is 11.2. The highest BCUT2D eigenvalue weighted by molar-refractivity contribution is 5.93. The number of aliphatic hydroxyl groups excluding tert-OH is 1. The molecular weight excluding hydrogens is 266 g/mol. The molecule has 4 heteroatoms. The summed E-state index contributed by atoms with van der Waals surface area (Å²) in [6.45, 7) is 3.60. The average molecular weight is 283 g/mol. The fourth-order valence-electron chi connectivity index (χ4n) is 2.43. The summed E-state index contributed by atoms with van der Waals surface area (Å²) in [5.41, 5.74) is 3.96. The molecule has 0 saturated carbocycles. The third kappa shape index (κ3) is 3.01. The van der Waals surface area contributed by atoms with E-state index in [0.29, 0.717) is 11.1 Å². The van der Waals surface area contributed by atoms with Gasteiger partial charge in [0.15, 0.2) is 0 Å². The molecule has 21 heavy (non-hydrogen) atoms. The fraction of sp³-hybridized carbons (Fsp3) is 0.176. The van der Waals surface area contributed by atoms with Crippen LogP contribution in [0.4, 0.5) is 5.69 Å². The van der Waals surface area contributed by atoms with Crippen LogP contribution in [0.5, 0.6) is 0 Å². The first-order valence-corrected chi connectivity index (χ1v) is 6.66. The average Bonchev–Trinajstić information content (AvgIpc) is 2.49. The second-order valence-electron chi connectivity index (χ2n) is 4.85. The molecule has 0 amide bonds. The Morgan fingerprint density at radius 1 is 1.10 bits per heavy atom. The zero-order chi connectivity index (χ0) is 15.4. The lowest BCUT2D eigenvalue weighted by Gasteiger charge is -2.13. The fourth-order valence-corrected chi connectivity index (χ4v) is 2.43. The van der Waals surface area contributed by atoms with Crippen LogP contribution in [0.2, 0.25) is 0 Å². The third-order valence-corrected chi connectivity index (χ3v) is 3.59. The molecule has 0 fully saturated rings. The van der Waals surface area contributed by atoms with Crippen LogP contribution < -0.4 is 0 Å². The number of nitro benzene ring substituents is 1. The Hall–Kier alpha value is -2.46. The topological polar surface area (TPSA) is 63.4 Å². The normalized spacial score (nSPS) is 12.0. The minimum Gasteiger partial charge on any atom is -0.392 e. The molecule has 0 aliphatic carbocycles. The number of para-hydroxylation sites is 1. The van der Waals surface area contributed by atoms with E-state index in [0.717, 1.165) is 16.7 Å². The maximum Gasteiger partial charge on any atom is 0.276 e. The van der Waals surface area contributed by atoms with E-state index in [1.54, 1.807) is 25.1 Å². The predicted octanol–water partition coefficient (Wildman–Crippen LogP) is 3.83. The number of rotatable bonds is 4. The van der Waals surface area contributed by atoms with Crippen LogP contribution in [0.15, 0.2) is 48.5 Å². The van der Waals surface area contributed by atoms with Crippen LogP contribution >= 0.6 is 0 Å². The van der Waals surface area contributed by atoms with Crippen molar-refractivity contribution in [1.82, 2.24) is 0 Å². The van der Waals surface area contributed by atoms with Gasteiger partial charge in [-0.2, -0.15) is 0 Å². The molecule has 0 heterocycles. The van der Waals surface area contributed by atoms with Crippen molar-refractivity contribution in [3.05, 3.63) is 75.3 Å². The van der Waals surface area contributed by atoms with E-state index >= 15 is 0 Å². The van der Waals surface area contributed by atoms with Crippen LogP contribution in [0.3, 0.4) is 0 Å². The Bertz CT molecular complexity index is 705. The van der Waals surface area contributed by atoms with Crippen molar-refractivity contribution in [2.75, 3.05) is 6.61 Å². The summed E-state index contributed by atoms with van der Waals surface area (Å²) in [6, 6.07) is 14.3. The molecule has 0 saturated heterocycles. The summed E-state index contributed by atoms with van der Waals surface area (Å²) in [5.74, 6) is 0. The standard InChI is InChI=1S/C17H17NO3/c1-12-7-3-4-8-14(12)16(11-19)13(2)15-9-5-6-10-17(15)18(20)21/h3-10,19H,11H2,1-2H3/b16-13+. The van der Waals surface area contributed by atoms with Crippen LogP contribution in [0, 0.1) is 17.0 Å². The molecular formula is C17H17NO3. The van der Waals surface area contributed by atoms with Gasteiger partial charge in [-0.25, -0.2) is 0 Å². The molecule has 0 aliphatic rings. The third-order valence-electron chi connectivity index (χ3n) is 3.59. The van der Waals surface area contributed by atoms with E-state index in [4.69, 9.17) is 0 Å². The number of hydrogen-bond acceptors (Lipinski definition) is 3. The number of aryl methyl sites for hydroxylation is 1. The smallest absolute Gasteiger partial charge is 0.276 e. The molecule has 2 aromatic rings. The van der Waals surface area contributed by atoms with Crippen molar-refractivity contribution < 1.29 is 10.0 Å². The molecule has 0 bridgehead atoms. The van der Waals surface area contributed by atoms with Gasteiger partial charge in [-0.15, -0.1) is 0 Å². The van der Waals surface area contributed by atoms with E-state index in [9.17, 15) is 15.2 Å². The molecule has 0 atom stereocenters. The molecule has 108 valence electrons. The lowest BCUT2D eigenvalue weighted by atomic mass is 9.93. The molecule has 2 rings (SSSR count). The Balaban J connectivity index is 2.66. The number of aliphatic hydroxyl groups is 1. The highest BCUT2D eigenvalue weighted by Crippen LogP contribution is 2.32. The summed E-state index contributed by atoms with van der Waals surface area (Å²) >= 11 is 0. The van der Waals surface area contributed by atoms with Gasteiger partial charge in [0.25, 0.3) is 5.69 Å². The lowest BCUT2D eigenvalue weighted by molar-refractivity contribution is -0.385. The zero-order valence-electron chi connectivity index (χ0n) is 12.0. The predicted molar refractivity (Wildman–Crippen MR) is 83.8 cm³/mol. The number of allylic oxidation sites excluding steroid dienone is 1. The minimum absolute atomic E-state index is 0.0505. The van der Waals surface area contributed by atoms with Gasteiger partial charge in [-0.1, -0.05) is 36.4 Å². The van der Waals surface area contributed by atoms with Crippen molar-refractivity contribution in [3.8, 4) is 0 Å². The summed E-state index contributed by atoms with van der Waals surface area (Å²) < 4.78 is 0. The van der Waals surface area contributed by atoms with Crippen LogP contribution in [-0.4, -0.2) is 16.6 Å². The van der Waals surface area contributed by atoms with Crippen molar-refractivity contribution in [1.29, 1.82) is 0 Å². The van der Waals surface area contributed by atoms with Gasteiger partial charge >= 0.3 is 0 Å². The summed E-state index contributed by atoms with van der Waals surface area (Å²) in [5, 5.41) is 20.9. The monoisotopic (exact) mass is 283 g/mol. The van der Waals surface area contributed by atoms with Gasteiger partial charge < -0.3 is 5.11 Å². The van der Waals surface area contributed by atoms with Gasteiger partial charge in [0.05, 0.1) is 17.1 Å². The van der Waals surface area contributed by atoms with Gasteiger partial charge in [0, 0.05) is 6.07 Å². The first-order valence-electron chi connectivity index (χ1n) is 6.66. The Morgan fingerprint density at radius 3 is 2.24 bits per heavy atom. The van der Waals surface area contributed by atoms with Gasteiger partial charge in [-0.3, -0.25) is 10.1 Å². The number of benzene rings is 2. The molecule has 0 aromatic heterocycles. The lowest BCUT2D eigenvalue weighted by Crippen LogP contribution is -2.00. The van der Waals surface area contributed by atoms with E-state index in [1.165, 1.54) is 6.07 Å². The van der Waals surface area contributed by atoms with Crippen molar-refractivity contribution in [3.63, 3.8) is 0 Å². The number of hydrogen-bond donors (Lipinski definition) is 1. The van der Waals surface area contributed by atoms with Gasteiger partial charge in [0.2, 0.25) is 0 Å². The Morgan fingerprint density at radius 2 is 1.67 bits per heavy atom. The SMILES string of the molecule is C/C(=C(/CO)c1ccccc1C)c1ccccc1[N+](=O)[O-]. The first kappa shape index (κ1) is 14.9. The molecule has 2 aromatic carbocycles. The molecule has 1 N–H and O–H groups in total. The van der Waals surface area contributed by atoms with Gasteiger partial charge in [-0.05, 0) is 42.2 Å². The number of nitro groups is 1. The maximum atomic E-state index is 11.2. The summed E-state index contributed by atoms with van der Waals surface area (Å²) in [4.78, 5) is 10.8. The second-order valence-corrected chi connectivity index (χ2v) is 4.85. The van der Waals surface area contributed by atoms with E-state index in [2.05, 4.69) is 0 Å². The summed E-state index contributed by atoms with van der Waals surface area (Å²) in [7, 11) is 0. The minimum atomic E-state index is -0.397. The largest absolute Gasteiger partial charge is 0.392 e. The molecule has 0 aliphatic heterocycles.